The van der Waals surface area contributed by atoms with Gasteiger partial charge in [-0.3, -0.25) is 47.7 Å². The van der Waals surface area contributed by atoms with E-state index in [4.69, 9.17) is 9.72 Å². The van der Waals surface area contributed by atoms with E-state index in [9.17, 15) is 34.2 Å². The van der Waals surface area contributed by atoms with E-state index in [2.05, 4.69) is 30.4 Å². The summed E-state index contributed by atoms with van der Waals surface area (Å²) in [6.45, 7) is 12.8. The predicted octanol–water partition coefficient (Wildman–Crippen LogP) is 5.23. The number of rotatable bonds is 14. The fourth-order valence-corrected chi connectivity index (χ4v) is 9.68. The lowest BCUT2D eigenvalue weighted by Crippen LogP contribution is -2.48. The number of piperidine rings is 1. The number of carbonyl (C=O) groups excluding carboxylic acids is 4. The quantitative estimate of drug-likeness (QED) is 0.119. The molecule has 2 aromatic carbocycles. The van der Waals surface area contributed by atoms with Crippen LogP contribution in [0.4, 0.5) is 0 Å². The number of aromatic hydroxyl groups is 2. The number of fused-ring (bicyclic) bond motifs is 3. The zero-order valence-electron chi connectivity index (χ0n) is 41.9. The van der Waals surface area contributed by atoms with Crippen LogP contribution in [0, 0.1) is 19.8 Å². The van der Waals surface area contributed by atoms with Gasteiger partial charge in [-0.05, 0) is 101 Å². The van der Waals surface area contributed by atoms with E-state index in [1.54, 1.807) is 71.8 Å². The van der Waals surface area contributed by atoms with Crippen LogP contribution in [-0.2, 0) is 32.7 Å². The third-order valence-corrected chi connectivity index (χ3v) is 14.0. The highest BCUT2D eigenvalue weighted by atomic mass is 16.5. The van der Waals surface area contributed by atoms with Crippen molar-refractivity contribution < 1.29 is 34.1 Å². The van der Waals surface area contributed by atoms with Gasteiger partial charge in [0.25, 0.3) is 11.8 Å². The molecule has 2 saturated heterocycles. The Bertz CT molecular complexity index is 3280. The summed E-state index contributed by atoms with van der Waals surface area (Å²) in [6, 6.07) is 17.9. The second-order valence-corrected chi connectivity index (χ2v) is 19.1. The van der Waals surface area contributed by atoms with Crippen LogP contribution in [0.15, 0.2) is 77.9 Å². The molecule has 9 rings (SSSR count). The summed E-state index contributed by atoms with van der Waals surface area (Å²) in [6.07, 6.45) is 3.93. The van der Waals surface area contributed by atoms with Crippen molar-refractivity contribution in [2.24, 2.45) is 13.0 Å². The van der Waals surface area contributed by atoms with E-state index >= 15 is 0 Å². The summed E-state index contributed by atoms with van der Waals surface area (Å²) in [5.41, 5.74) is 7.39. The largest absolute Gasteiger partial charge is 0.508 e. The van der Waals surface area contributed by atoms with Crippen molar-refractivity contribution in [3.05, 3.63) is 106 Å². The Morgan fingerprint density at radius 3 is 2.29 bits per heavy atom. The summed E-state index contributed by atoms with van der Waals surface area (Å²) in [5.74, 6) is -1.90. The van der Waals surface area contributed by atoms with Crippen LogP contribution in [0.1, 0.15) is 79.9 Å². The number of hydrogen-bond acceptors (Lipinski definition) is 14. The lowest BCUT2D eigenvalue weighted by atomic mass is 10.0. The fourth-order valence-electron chi connectivity index (χ4n) is 9.68. The van der Waals surface area contributed by atoms with Gasteiger partial charge in [-0.25, -0.2) is 9.78 Å². The van der Waals surface area contributed by atoms with Crippen molar-refractivity contribution in [1.82, 2.24) is 58.9 Å². The van der Waals surface area contributed by atoms with Gasteiger partial charge in [0.05, 0.1) is 39.9 Å². The number of imidazole rings is 1. The Morgan fingerprint density at radius 2 is 1.59 bits per heavy atom. The van der Waals surface area contributed by atoms with Crippen LogP contribution < -0.4 is 11.0 Å². The highest BCUT2D eigenvalue weighted by Gasteiger charge is 2.33. The van der Waals surface area contributed by atoms with Crippen molar-refractivity contribution in [3.63, 3.8) is 0 Å². The molecular formula is C53H60N12O8. The number of benzene rings is 2. The number of pyridine rings is 3. The molecule has 0 bridgehead atoms. The number of esters is 1. The Kier molecular flexibility index (Phi) is 14.4. The van der Waals surface area contributed by atoms with Crippen LogP contribution >= 0.6 is 0 Å². The molecule has 7 aromatic rings. The van der Waals surface area contributed by atoms with Crippen LogP contribution in [0.3, 0.4) is 0 Å². The number of ether oxygens (including phenoxy) is 1. The van der Waals surface area contributed by atoms with E-state index < -0.39 is 23.9 Å². The number of nitrogens with one attached hydrogen (secondary N) is 1. The number of aromatic nitrogens is 8. The molecule has 2 aliphatic heterocycles. The number of phenolic OH excluding ortho intramolecular Hbond substituents is 2. The fraction of sp³-hybridized carbons (Fsp3) is 0.396. The number of nitrogens with zero attached hydrogens (tertiary/aromatic N) is 11. The average Bonchev–Trinajstić information content (AvgIpc) is 3.95. The summed E-state index contributed by atoms with van der Waals surface area (Å²) < 4.78 is 10.6. The van der Waals surface area contributed by atoms with Gasteiger partial charge in [0, 0.05) is 101 Å². The number of carbonyl (C=O) groups is 4. The molecule has 2 aliphatic rings. The van der Waals surface area contributed by atoms with E-state index in [1.807, 2.05) is 60.4 Å². The molecule has 3 amide bonds. The minimum atomic E-state index is -1.02. The second-order valence-electron chi connectivity index (χ2n) is 19.1. The van der Waals surface area contributed by atoms with E-state index in [-0.39, 0.29) is 59.5 Å². The first-order valence-electron chi connectivity index (χ1n) is 24.7. The predicted molar refractivity (Wildman–Crippen MR) is 272 cm³/mol. The van der Waals surface area contributed by atoms with E-state index in [0.717, 1.165) is 22.5 Å². The maximum atomic E-state index is 13.8. The minimum absolute atomic E-state index is 0.0475. The lowest BCUT2D eigenvalue weighted by Gasteiger charge is -2.35. The molecule has 2 fully saturated rings. The number of likely N-dealkylation sites (tertiary alicyclic amines) is 1. The van der Waals surface area contributed by atoms with Gasteiger partial charge in [0.15, 0.2) is 11.9 Å². The Morgan fingerprint density at radius 1 is 0.849 bits per heavy atom. The van der Waals surface area contributed by atoms with E-state index in [0.29, 0.717) is 104 Å². The van der Waals surface area contributed by atoms with Crippen LogP contribution in [0.2, 0.25) is 0 Å². The van der Waals surface area contributed by atoms with Crippen molar-refractivity contribution >= 4 is 45.8 Å². The number of phenols is 2. The molecule has 0 radical (unpaired) electrons. The molecule has 380 valence electrons. The van der Waals surface area contributed by atoms with Gasteiger partial charge >= 0.3 is 11.7 Å². The van der Waals surface area contributed by atoms with E-state index in [1.165, 1.54) is 6.07 Å². The SMILES string of the molecule is CCNC(=O)c1nnc(-c2cc(C)c(O)cc2O)n1-c1ccc(CN2CCN(C(=O)CCC(C)C(=O)O[C@@H](C)C(=O)N3CCC(n4c(=O)n(C)c5cnc6ccc(-c7ccc(C)nc7)nc6c54)CC3)CC2)cc1. The second kappa shape index (κ2) is 21.0. The molecule has 3 N–H and O–H groups in total. The van der Waals surface area contributed by atoms with Gasteiger partial charge < -0.3 is 30.1 Å². The molecular weight excluding hydrogens is 933 g/mol. The first kappa shape index (κ1) is 50.0. The molecule has 5 aromatic heterocycles. The molecule has 0 aliphatic carbocycles. The monoisotopic (exact) mass is 992 g/mol. The zero-order chi connectivity index (χ0) is 51.7. The van der Waals surface area contributed by atoms with Crippen molar-refractivity contribution in [2.45, 2.75) is 79.0 Å². The third kappa shape index (κ3) is 10.2. The molecule has 1 unspecified atom stereocenters. The van der Waals surface area contributed by atoms with Gasteiger partial charge in [0.2, 0.25) is 11.7 Å². The zero-order valence-corrected chi connectivity index (χ0v) is 41.9. The van der Waals surface area contributed by atoms with Crippen LogP contribution in [-0.4, -0.2) is 139 Å². The maximum absolute atomic E-state index is 13.8. The minimum Gasteiger partial charge on any atom is -0.508 e. The first-order chi connectivity index (χ1) is 35.1. The summed E-state index contributed by atoms with van der Waals surface area (Å²) in [4.78, 5) is 86.8. The number of hydrogen-bond donors (Lipinski definition) is 3. The van der Waals surface area contributed by atoms with Gasteiger partial charge in [-0.2, -0.15) is 0 Å². The van der Waals surface area contributed by atoms with Gasteiger partial charge in [-0.1, -0.05) is 19.1 Å². The van der Waals surface area contributed by atoms with Crippen LogP contribution in [0.5, 0.6) is 11.5 Å². The molecule has 73 heavy (non-hydrogen) atoms. The first-order valence-corrected chi connectivity index (χ1v) is 24.7. The highest BCUT2D eigenvalue weighted by molar-refractivity contribution is 6.00. The average molecular weight is 993 g/mol. The van der Waals surface area contributed by atoms with Crippen molar-refractivity contribution in [3.8, 4) is 39.8 Å². The number of amides is 3. The molecule has 2 atom stereocenters. The van der Waals surface area contributed by atoms with Crippen molar-refractivity contribution in [2.75, 3.05) is 45.8 Å². The summed E-state index contributed by atoms with van der Waals surface area (Å²) in [5, 5.41) is 32.0. The summed E-state index contributed by atoms with van der Waals surface area (Å²) >= 11 is 0. The lowest BCUT2D eigenvalue weighted by molar-refractivity contribution is -0.163. The standard InChI is InChI=1S/C53H60N12O8/c1-7-54-50(69)49-59-58-48(39-26-32(3)43(66)27-44(39)67)65(49)37-13-10-35(11-14-37)30-61-22-24-62(25-23-61)45(68)17-8-31(2)52(71)73-34(5)51(70)63-20-18-38(19-21-63)64-47-42(60(6)53(64)72)29-56-41-16-15-40(57-46(41)47)36-12-9-33(4)55-28-36/h9-16,26-29,31,34,38,66-67H,7-8,17-25,30H2,1-6H3,(H,54,69)/t31?,34-/m0/s1. The molecule has 0 saturated carbocycles. The molecule has 20 nitrogen and oxygen atoms in total. The Hall–Kier alpha value is -8.00. The Labute approximate surface area is 421 Å². The molecule has 20 heteroatoms. The third-order valence-electron chi connectivity index (χ3n) is 14.0. The van der Waals surface area contributed by atoms with Crippen LogP contribution in [0.25, 0.3) is 50.4 Å². The highest BCUT2D eigenvalue weighted by Crippen LogP contribution is 2.36. The normalized spacial score (nSPS) is 15.4. The smallest absolute Gasteiger partial charge is 0.329 e. The number of piperazine rings is 1. The van der Waals surface area contributed by atoms with Gasteiger partial charge in [0.1, 0.15) is 17.0 Å². The van der Waals surface area contributed by atoms with Gasteiger partial charge in [-0.15, -0.1) is 10.2 Å². The maximum Gasteiger partial charge on any atom is 0.329 e. The molecule has 7 heterocycles. The molecule has 0 spiro atoms. The van der Waals surface area contributed by atoms with Crippen molar-refractivity contribution in [1.29, 1.82) is 0 Å². The Balaban J connectivity index is 0.745. The topological polar surface area (TPSA) is 236 Å². The number of aryl methyl sites for hydroxylation is 3. The summed E-state index contributed by atoms with van der Waals surface area (Å²) in [7, 11) is 1.72.